The molecule has 0 fully saturated rings. The summed E-state index contributed by atoms with van der Waals surface area (Å²) in [5.41, 5.74) is 2.77. The zero-order valence-electron chi connectivity index (χ0n) is 12.9. The lowest BCUT2D eigenvalue weighted by Crippen LogP contribution is -2.35. The van der Waals surface area contributed by atoms with Crippen LogP contribution in [0.15, 0.2) is 40.6 Å². The van der Waals surface area contributed by atoms with Crippen LogP contribution in [0, 0.1) is 6.92 Å². The number of hydrogen-bond acceptors (Lipinski definition) is 3. The number of imidazole rings is 1. The number of benzene rings is 1. The molecule has 0 aliphatic heterocycles. The third-order valence-electron chi connectivity index (χ3n) is 3.04. The Kier molecular flexibility index (Phi) is 4.55. The molecule has 0 atom stereocenters. The lowest BCUT2D eigenvalue weighted by molar-refractivity contribution is 0.424. The topological polar surface area (TPSA) is 29.9 Å². The van der Waals surface area contributed by atoms with Gasteiger partial charge in [0.25, 0.3) is 0 Å². The van der Waals surface area contributed by atoms with Crippen LogP contribution in [0.5, 0.6) is 0 Å². The molecule has 2 rings (SSSR count). The minimum atomic E-state index is 0.147. The predicted molar refractivity (Wildman–Crippen MR) is 85.1 cm³/mol. The molecular formula is C16H23N3S. The summed E-state index contributed by atoms with van der Waals surface area (Å²) in [6, 6.07) is 6.63. The van der Waals surface area contributed by atoms with Crippen molar-refractivity contribution in [2.24, 2.45) is 7.05 Å². The Labute approximate surface area is 125 Å². The number of aromatic nitrogens is 2. The average Bonchev–Trinajstić information content (AvgIpc) is 2.75. The molecule has 0 unspecified atom stereocenters. The lowest BCUT2D eigenvalue weighted by atomic mass is 10.1. The first-order valence-electron chi connectivity index (χ1n) is 6.85. The zero-order valence-corrected chi connectivity index (χ0v) is 13.7. The van der Waals surface area contributed by atoms with Gasteiger partial charge in [0.1, 0.15) is 0 Å². The molecule has 20 heavy (non-hydrogen) atoms. The van der Waals surface area contributed by atoms with Crippen LogP contribution in [0.25, 0.3) is 0 Å². The molecule has 0 bridgehead atoms. The zero-order chi connectivity index (χ0) is 14.8. The summed E-state index contributed by atoms with van der Waals surface area (Å²) in [5, 5.41) is 4.54. The van der Waals surface area contributed by atoms with E-state index in [1.807, 2.05) is 24.0 Å². The van der Waals surface area contributed by atoms with Gasteiger partial charge in [-0.15, -0.1) is 0 Å². The highest BCUT2D eigenvalue weighted by Gasteiger charge is 2.10. The molecule has 0 spiro atoms. The van der Waals surface area contributed by atoms with E-state index < -0.39 is 0 Å². The van der Waals surface area contributed by atoms with Crippen LogP contribution >= 0.6 is 11.8 Å². The fraction of sp³-hybridized carbons (Fsp3) is 0.438. The Morgan fingerprint density at radius 3 is 2.60 bits per heavy atom. The first-order valence-corrected chi connectivity index (χ1v) is 7.66. The summed E-state index contributed by atoms with van der Waals surface area (Å²) >= 11 is 1.71. The normalized spacial score (nSPS) is 11.8. The van der Waals surface area contributed by atoms with Crippen molar-refractivity contribution in [3.8, 4) is 0 Å². The van der Waals surface area contributed by atoms with Crippen LogP contribution in [0.4, 0.5) is 0 Å². The molecule has 1 heterocycles. The van der Waals surface area contributed by atoms with Crippen molar-refractivity contribution in [3.63, 3.8) is 0 Å². The van der Waals surface area contributed by atoms with Gasteiger partial charge in [0, 0.05) is 36.4 Å². The second-order valence-electron chi connectivity index (χ2n) is 6.13. The molecule has 108 valence electrons. The Bertz CT molecular complexity index is 582. The molecule has 0 aliphatic carbocycles. The lowest BCUT2D eigenvalue weighted by Gasteiger charge is -2.21. The van der Waals surface area contributed by atoms with Crippen LogP contribution in [0.2, 0.25) is 0 Å². The van der Waals surface area contributed by atoms with Gasteiger partial charge in [-0.2, -0.15) is 0 Å². The van der Waals surface area contributed by atoms with Crippen molar-refractivity contribution in [3.05, 3.63) is 41.7 Å². The van der Waals surface area contributed by atoms with Gasteiger partial charge in [0.2, 0.25) is 0 Å². The van der Waals surface area contributed by atoms with Crippen molar-refractivity contribution in [2.45, 2.75) is 49.8 Å². The summed E-state index contributed by atoms with van der Waals surface area (Å²) in [6.45, 7) is 9.62. The summed E-state index contributed by atoms with van der Waals surface area (Å²) in [6.07, 6.45) is 3.80. The maximum atomic E-state index is 4.36. The SMILES string of the molecule is Cc1cc(CNC(C)(C)C)ccc1Sc1nccn1C. The van der Waals surface area contributed by atoms with Gasteiger partial charge >= 0.3 is 0 Å². The van der Waals surface area contributed by atoms with Crippen LogP contribution in [0.3, 0.4) is 0 Å². The average molecular weight is 289 g/mol. The molecule has 1 aromatic carbocycles. The fourth-order valence-corrected chi connectivity index (χ4v) is 2.72. The summed E-state index contributed by atoms with van der Waals surface area (Å²) in [7, 11) is 2.02. The van der Waals surface area contributed by atoms with E-state index in [2.05, 4.69) is 56.2 Å². The molecule has 0 saturated heterocycles. The fourth-order valence-electron chi connectivity index (χ4n) is 1.85. The van der Waals surface area contributed by atoms with Crippen LogP contribution in [0.1, 0.15) is 31.9 Å². The maximum absolute atomic E-state index is 4.36. The quantitative estimate of drug-likeness (QED) is 0.929. The maximum Gasteiger partial charge on any atom is 0.172 e. The van der Waals surface area contributed by atoms with Crippen molar-refractivity contribution in [2.75, 3.05) is 0 Å². The molecule has 1 aromatic heterocycles. The Morgan fingerprint density at radius 2 is 2.05 bits per heavy atom. The van der Waals surface area contributed by atoms with E-state index in [1.165, 1.54) is 16.0 Å². The second kappa shape index (κ2) is 6.02. The van der Waals surface area contributed by atoms with E-state index in [0.29, 0.717) is 0 Å². The Morgan fingerprint density at radius 1 is 1.30 bits per heavy atom. The highest BCUT2D eigenvalue weighted by molar-refractivity contribution is 7.99. The molecule has 0 amide bonds. The second-order valence-corrected chi connectivity index (χ2v) is 7.14. The minimum Gasteiger partial charge on any atom is -0.329 e. The number of nitrogens with one attached hydrogen (secondary N) is 1. The number of nitrogens with zero attached hydrogens (tertiary/aromatic N) is 2. The van der Waals surface area contributed by atoms with Crippen molar-refractivity contribution in [1.29, 1.82) is 0 Å². The first kappa shape index (κ1) is 15.1. The molecule has 4 heteroatoms. The van der Waals surface area contributed by atoms with Gasteiger partial charge in [-0.3, -0.25) is 0 Å². The van der Waals surface area contributed by atoms with E-state index in [0.717, 1.165) is 11.7 Å². The molecule has 3 nitrogen and oxygen atoms in total. The van der Waals surface area contributed by atoms with E-state index >= 15 is 0 Å². The van der Waals surface area contributed by atoms with Gasteiger partial charge in [-0.1, -0.05) is 23.9 Å². The van der Waals surface area contributed by atoms with Gasteiger partial charge in [-0.05, 0) is 44.9 Å². The molecule has 1 N–H and O–H groups in total. The smallest absolute Gasteiger partial charge is 0.172 e. The standard InChI is InChI=1S/C16H23N3S/c1-12-10-13(11-18-16(2,3)4)6-7-14(12)20-15-17-8-9-19(15)5/h6-10,18H,11H2,1-5H3. The first-order chi connectivity index (χ1) is 9.35. The molecule has 0 saturated carbocycles. The van der Waals surface area contributed by atoms with Crippen LogP contribution in [-0.4, -0.2) is 15.1 Å². The van der Waals surface area contributed by atoms with Gasteiger partial charge < -0.3 is 9.88 Å². The molecule has 2 aromatic rings. The Balaban J connectivity index is 2.08. The van der Waals surface area contributed by atoms with Gasteiger partial charge in [0.05, 0.1) is 0 Å². The van der Waals surface area contributed by atoms with Crippen molar-refractivity contribution < 1.29 is 0 Å². The summed E-state index contributed by atoms with van der Waals surface area (Å²) in [4.78, 5) is 5.62. The van der Waals surface area contributed by atoms with Crippen LogP contribution in [-0.2, 0) is 13.6 Å². The van der Waals surface area contributed by atoms with E-state index in [4.69, 9.17) is 0 Å². The predicted octanol–water partition coefficient (Wildman–Crippen LogP) is 3.77. The third kappa shape index (κ3) is 4.12. The number of aryl methyl sites for hydroxylation is 2. The largest absolute Gasteiger partial charge is 0.329 e. The van der Waals surface area contributed by atoms with E-state index in [-0.39, 0.29) is 5.54 Å². The van der Waals surface area contributed by atoms with Gasteiger partial charge in [0.15, 0.2) is 5.16 Å². The monoisotopic (exact) mass is 289 g/mol. The summed E-state index contributed by atoms with van der Waals surface area (Å²) in [5.74, 6) is 0. The minimum absolute atomic E-state index is 0.147. The van der Waals surface area contributed by atoms with Crippen LogP contribution < -0.4 is 5.32 Å². The third-order valence-corrected chi connectivity index (χ3v) is 4.29. The van der Waals surface area contributed by atoms with Gasteiger partial charge in [-0.25, -0.2) is 4.98 Å². The van der Waals surface area contributed by atoms with E-state index in [1.54, 1.807) is 11.8 Å². The van der Waals surface area contributed by atoms with E-state index in [9.17, 15) is 0 Å². The molecular weight excluding hydrogens is 266 g/mol. The van der Waals surface area contributed by atoms with Crippen molar-refractivity contribution >= 4 is 11.8 Å². The van der Waals surface area contributed by atoms with Crippen molar-refractivity contribution in [1.82, 2.24) is 14.9 Å². The molecule has 0 radical (unpaired) electrons. The highest BCUT2D eigenvalue weighted by atomic mass is 32.2. The summed E-state index contributed by atoms with van der Waals surface area (Å²) < 4.78 is 2.04. The number of rotatable bonds is 4. The highest BCUT2D eigenvalue weighted by Crippen LogP contribution is 2.29. The number of hydrogen-bond donors (Lipinski definition) is 1. The Hall–Kier alpha value is -1.26. The molecule has 0 aliphatic rings.